The number of nitrogens with two attached hydrogens (primary N) is 1. The monoisotopic (exact) mass is 1850 g/mol. The van der Waals surface area contributed by atoms with Gasteiger partial charge in [-0.1, -0.05) is 391 Å². The smallest absolute Gasteiger partial charge is 0.0464 e. The molecule has 0 saturated carbocycles. The van der Waals surface area contributed by atoms with Crippen LogP contribution in [0, 0.1) is 13.8 Å². The molecule has 606 valence electrons. The Balaban J connectivity index is 0.0000000999. The summed E-state index contributed by atoms with van der Waals surface area (Å²) in [5, 5.41) is 34.8. The molecule has 2 nitrogen and oxygen atoms in total. The average Bonchev–Trinajstić information content (AvgIpc) is 1.20. The van der Waals surface area contributed by atoms with Crippen LogP contribution in [0.15, 0.2) is 462 Å². The summed E-state index contributed by atoms with van der Waals surface area (Å²) in [5.41, 5.74) is 21.2. The van der Waals surface area contributed by atoms with Gasteiger partial charge < -0.3 is 11.1 Å². The van der Waals surface area contributed by atoms with Gasteiger partial charge in [0, 0.05) is 55.4 Å². The minimum Gasteiger partial charge on any atom is -0.399 e. The third-order valence-electron chi connectivity index (χ3n) is 24.0. The molecule has 127 heavy (non-hydrogen) atoms. The first-order chi connectivity index (χ1) is 62.4. The van der Waals surface area contributed by atoms with E-state index in [2.05, 4.69) is 485 Å². The van der Waals surface area contributed by atoms with E-state index in [4.69, 9.17) is 5.73 Å². The maximum atomic E-state index is 5.43. The fourth-order valence-corrected chi connectivity index (χ4v) is 21.6. The number of aryl methyl sites for hydroxylation is 2. The molecular weight excluding hydrogens is 1770 g/mol. The molecule has 0 aliphatic rings. The second-order valence-corrected chi connectivity index (χ2v) is 36.7. The van der Waals surface area contributed by atoms with Crippen LogP contribution < -0.4 is 11.1 Å². The third-order valence-corrected chi connectivity index (χ3v) is 28.7. The van der Waals surface area contributed by atoms with E-state index in [-0.39, 0.29) is 0 Å². The van der Waals surface area contributed by atoms with Crippen molar-refractivity contribution in [2.45, 2.75) is 13.8 Å². The lowest BCUT2D eigenvalue weighted by Crippen LogP contribution is -1.93. The van der Waals surface area contributed by atoms with Gasteiger partial charge in [0.2, 0.25) is 0 Å². The lowest BCUT2D eigenvalue weighted by molar-refractivity contribution is 1.46. The summed E-state index contributed by atoms with van der Waals surface area (Å²) in [6.45, 7) is 4.15. The molecule has 25 aromatic rings. The molecule has 0 unspecified atom stereocenters. The largest absolute Gasteiger partial charge is 0.399 e. The maximum absolute atomic E-state index is 5.43. The first-order valence-corrected chi connectivity index (χ1v) is 46.7. The minimum absolute atomic E-state index is 0.829. The van der Waals surface area contributed by atoms with E-state index in [1.165, 1.54) is 213 Å². The van der Waals surface area contributed by atoms with Gasteiger partial charge in [-0.2, -0.15) is 0 Å². The van der Waals surface area contributed by atoms with Crippen LogP contribution >= 0.6 is 70.5 Å². The van der Waals surface area contributed by atoms with Crippen molar-refractivity contribution < 1.29 is 0 Å². The van der Waals surface area contributed by atoms with Gasteiger partial charge in [0.05, 0.1) is 0 Å². The summed E-state index contributed by atoms with van der Waals surface area (Å²) in [6, 6.07) is 160. The van der Waals surface area contributed by atoms with Gasteiger partial charge in [0.25, 0.3) is 0 Å². The number of nitrogens with one attached hydrogen (secondary N) is 1. The number of thiophene rings is 2. The molecule has 0 saturated heterocycles. The van der Waals surface area contributed by atoms with E-state index in [9.17, 15) is 0 Å². The van der Waals surface area contributed by atoms with Gasteiger partial charge >= 0.3 is 0 Å². The number of nitrogen functional groups attached to an aromatic ring is 1. The molecule has 0 atom stereocenters. The number of benzene rings is 23. The van der Waals surface area contributed by atoms with E-state index in [1.807, 2.05) is 53.9 Å². The third kappa shape index (κ3) is 16.8. The fraction of sp³-hybridized carbons (Fsp3) is 0.0167. The quantitative estimate of drug-likeness (QED) is 0.0904. The fourth-order valence-electron chi connectivity index (χ4n) is 17.7. The summed E-state index contributed by atoms with van der Waals surface area (Å²) in [6.07, 6.45) is 0. The van der Waals surface area contributed by atoms with Crippen molar-refractivity contribution in [3.8, 4) is 64.0 Å². The molecule has 7 heteroatoms. The van der Waals surface area contributed by atoms with Gasteiger partial charge in [-0.15, -0.1) is 22.7 Å². The van der Waals surface area contributed by atoms with Crippen LogP contribution in [0.1, 0.15) is 11.1 Å². The van der Waals surface area contributed by atoms with E-state index in [0.717, 1.165) is 21.5 Å². The van der Waals surface area contributed by atoms with Crippen LogP contribution in [-0.4, -0.2) is 0 Å². The first kappa shape index (κ1) is 81.5. The molecule has 25 rings (SSSR count). The van der Waals surface area contributed by atoms with Crippen molar-refractivity contribution in [3.63, 3.8) is 0 Å². The second kappa shape index (κ2) is 36.4. The van der Waals surface area contributed by atoms with Crippen LogP contribution in [0.3, 0.4) is 0 Å². The zero-order valence-electron chi connectivity index (χ0n) is 69.8. The standard InChI is InChI=1S/C30H19BrS.C30H20S.C23H17N.C16H9Br.C14H9Br.C7H9N/c31-30-25-15-6-4-13-23(25)29(24-14-5-7-16-26(24)30)22-12-8-11-21(19-22)28-18-17-27(32-28)20-9-2-1-3-10-20;1-2-9-21(10-3-1)28-17-18-29(31-28)24-13-8-14-25(20-24)30-26-15-6-4-11-22(26)19-23-12-5-7-16-27(23)30;1-15-5-11-19(12-6-15)24-21-14-10-18-8-7-16-3-2-4-17-9-13-20(21)23(18)22(16)17;17-14-9-7-12-5-4-10-2-1-3-11-6-8-13(14)16(12)15(10)11;15-14-12-7-3-1-5-10(12)9-11-6-2-4-8-13(11)14;1-6-2-4-7(8)5-3-6/h1-19H;1-20H;2-14,24H,1H3;1-9H;1-9H;2-5H,8H2,1H3. The van der Waals surface area contributed by atoms with Crippen molar-refractivity contribution in [1.82, 2.24) is 0 Å². The Morgan fingerprint density at radius 3 is 0.976 bits per heavy atom. The summed E-state index contributed by atoms with van der Waals surface area (Å²) in [4.78, 5) is 5.18. The molecule has 2 heterocycles. The van der Waals surface area contributed by atoms with E-state index in [1.54, 1.807) is 0 Å². The van der Waals surface area contributed by atoms with E-state index < -0.39 is 0 Å². The van der Waals surface area contributed by atoms with Crippen LogP contribution in [-0.2, 0) is 0 Å². The van der Waals surface area contributed by atoms with Gasteiger partial charge in [-0.25, -0.2) is 0 Å². The molecule has 0 fully saturated rings. The van der Waals surface area contributed by atoms with Crippen LogP contribution in [0.4, 0.5) is 17.1 Å². The molecule has 3 N–H and O–H groups in total. The highest BCUT2D eigenvalue weighted by Gasteiger charge is 2.19. The van der Waals surface area contributed by atoms with E-state index >= 15 is 0 Å². The average molecular weight is 1860 g/mol. The number of anilines is 3. The Hall–Kier alpha value is -13.9. The molecule has 0 amide bonds. The normalized spacial score (nSPS) is 11.2. The van der Waals surface area contributed by atoms with Crippen molar-refractivity contribution in [1.29, 1.82) is 0 Å². The molecule has 0 aliphatic carbocycles. The number of hydrogen-bond acceptors (Lipinski definition) is 4. The zero-order valence-corrected chi connectivity index (χ0v) is 76.1. The van der Waals surface area contributed by atoms with Crippen molar-refractivity contribution in [2.75, 3.05) is 11.1 Å². The Bertz CT molecular complexity index is 8090. The van der Waals surface area contributed by atoms with Crippen LogP contribution in [0.2, 0.25) is 0 Å². The summed E-state index contributed by atoms with van der Waals surface area (Å²) < 4.78 is 3.52. The SMILES string of the molecule is Brc1c2ccccc2c(-c2cccc(-c3ccc(-c4ccccc4)s3)c2)c2ccccc12.Brc1c2ccccc2cc2ccccc12.Brc1ccc2ccc3cccc4ccc1c2c34.Cc1ccc(N)cc1.Cc1ccc(Nc2ccc3ccc4cccc5ccc2c3c45)cc1.c1ccc(-c2ccc(-c3cccc(-c4c5ccccc5cc5ccccc45)c3)s2)cc1. The Morgan fingerprint density at radius 2 is 0.520 bits per heavy atom. The molecule has 0 radical (unpaired) electrons. The van der Waals surface area contributed by atoms with Crippen LogP contribution in [0.5, 0.6) is 0 Å². The number of hydrogen-bond donors (Lipinski definition) is 2. The predicted octanol–water partition coefficient (Wildman–Crippen LogP) is 37.2. The topological polar surface area (TPSA) is 38.0 Å². The van der Waals surface area contributed by atoms with Crippen molar-refractivity contribution in [2.24, 2.45) is 0 Å². The lowest BCUT2D eigenvalue weighted by atomic mass is 9.91. The number of halogens is 3. The second-order valence-electron chi connectivity index (χ2n) is 32.1. The lowest BCUT2D eigenvalue weighted by Gasteiger charge is -2.15. The van der Waals surface area contributed by atoms with Gasteiger partial charge in [-0.05, 0) is 299 Å². The summed E-state index contributed by atoms with van der Waals surface area (Å²) in [7, 11) is 0. The maximum Gasteiger partial charge on any atom is 0.0464 e. The van der Waals surface area contributed by atoms with Crippen molar-refractivity contribution in [3.05, 3.63) is 473 Å². The Labute approximate surface area is 772 Å². The molecule has 0 bridgehead atoms. The Morgan fingerprint density at radius 1 is 0.213 bits per heavy atom. The minimum atomic E-state index is 0.829. The Kier molecular flexibility index (Phi) is 23.3. The molecular formula is C120H83Br3N2S2. The highest BCUT2D eigenvalue weighted by atomic mass is 79.9. The van der Waals surface area contributed by atoms with Crippen molar-refractivity contribution >= 4 is 217 Å². The molecule has 0 spiro atoms. The summed E-state index contributed by atoms with van der Waals surface area (Å²) in [5.74, 6) is 0. The van der Waals surface area contributed by atoms with Gasteiger partial charge in [0.15, 0.2) is 0 Å². The highest BCUT2D eigenvalue weighted by molar-refractivity contribution is 9.11. The van der Waals surface area contributed by atoms with Gasteiger partial charge in [-0.3, -0.25) is 0 Å². The van der Waals surface area contributed by atoms with Crippen LogP contribution in [0.25, 0.3) is 193 Å². The van der Waals surface area contributed by atoms with E-state index in [0.29, 0.717) is 0 Å². The van der Waals surface area contributed by atoms with Gasteiger partial charge in [0.1, 0.15) is 0 Å². The summed E-state index contributed by atoms with van der Waals surface area (Å²) >= 11 is 14.9. The number of fused-ring (bicyclic) bond motifs is 6. The highest BCUT2D eigenvalue weighted by Crippen LogP contribution is 2.47. The first-order valence-electron chi connectivity index (χ1n) is 42.7. The predicted molar refractivity (Wildman–Crippen MR) is 566 cm³/mol. The molecule has 23 aromatic carbocycles. The number of rotatable bonds is 8. The zero-order chi connectivity index (χ0) is 85.9. The molecule has 2 aromatic heterocycles. The molecule has 0 aliphatic heterocycles.